The van der Waals surface area contributed by atoms with Crippen molar-refractivity contribution in [3.8, 4) is 22.9 Å². The average Bonchev–Trinajstić information content (AvgIpc) is 3.23. The Morgan fingerprint density at radius 2 is 1.92 bits per heavy atom. The van der Waals surface area contributed by atoms with Crippen molar-refractivity contribution in [3.63, 3.8) is 0 Å². The first-order valence-electron chi connectivity index (χ1n) is 6.67. The summed E-state index contributed by atoms with van der Waals surface area (Å²) >= 11 is 0. The lowest BCUT2D eigenvalue weighted by Gasteiger charge is -2.04. The van der Waals surface area contributed by atoms with Crippen LogP contribution in [0.15, 0.2) is 47.6 Å². The molecule has 0 saturated heterocycles. The number of hydrogen-bond donors (Lipinski definition) is 0. The molecule has 0 unspecified atom stereocenters. The van der Waals surface area contributed by atoms with Crippen LogP contribution in [0.5, 0.6) is 0 Å². The van der Waals surface area contributed by atoms with Gasteiger partial charge in [-0.3, -0.25) is 9.38 Å². The molecule has 0 saturated carbocycles. The maximum absolute atomic E-state index is 12.6. The minimum atomic E-state index is -4.69. The molecule has 0 fully saturated rings. The normalized spacial score (nSPS) is 12.0. The van der Waals surface area contributed by atoms with Crippen LogP contribution in [0.2, 0.25) is 0 Å². The Morgan fingerprint density at radius 1 is 1.08 bits per heavy atom. The van der Waals surface area contributed by atoms with E-state index < -0.39 is 12.1 Å². The predicted molar refractivity (Wildman–Crippen MR) is 74.5 cm³/mol. The highest BCUT2D eigenvalue weighted by Crippen LogP contribution is 2.30. The number of fused-ring (bicyclic) bond motifs is 1. The molecule has 4 aromatic heterocycles. The molecule has 0 amide bonds. The molecule has 4 aromatic rings. The van der Waals surface area contributed by atoms with Gasteiger partial charge in [-0.25, -0.2) is 9.97 Å². The molecule has 24 heavy (non-hydrogen) atoms. The number of aromatic nitrogens is 6. The SMILES string of the molecule is FC(F)(F)c1nc(-c2ccnc(-c3nccc4cncn34)c2)no1. The maximum atomic E-state index is 12.6. The third-order valence-corrected chi connectivity index (χ3v) is 3.25. The lowest BCUT2D eigenvalue weighted by atomic mass is 10.2. The van der Waals surface area contributed by atoms with Crippen molar-refractivity contribution in [2.45, 2.75) is 6.18 Å². The van der Waals surface area contributed by atoms with E-state index in [-0.39, 0.29) is 5.82 Å². The highest BCUT2D eigenvalue weighted by Gasteiger charge is 2.38. The van der Waals surface area contributed by atoms with Gasteiger partial charge < -0.3 is 4.52 Å². The van der Waals surface area contributed by atoms with Gasteiger partial charge in [0.25, 0.3) is 0 Å². The molecule has 4 heterocycles. The quantitative estimate of drug-likeness (QED) is 0.561. The van der Waals surface area contributed by atoms with Gasteiger partial charge in [-0.05, 0) is 18.2 Å². The number of rotatable bonds is 2. The number of imidazole rings is 1. The molecule has 10 heteroatoms. The van der Waals surface area contributed by atoms with Gasteiger partial charge in [-0.15, -0.1) is 0 Å². The first kappa shape index (κ1) is 14.3. The van der Waals surface area contributed by atoms with Crippen molar-refractivity contribution in [2.75, 3.05) is 0 Å². The number of alkyl halides is 3. The van der Waals surface area contributed by atoms with E-state index in [0.717, 1.165) is 5.52 Å². The number of pyridine rings is 1. The molecule has 120 valence electrons. The molecule has 4 rings (SSSR count). The van der Waals surface area contributed by atoms with Crippen LogP contribution in [0.1, 0.15) is 5.89 Å². The minimum Gasteiger partial charge on any atom is -0.329 e. The fourth-order valence-electron chi connectivity index (χ4n) is 2.19. The Hall–Kier alpha value is -3.30. The molecule has 0 N–H and O–H groups in total. The van der Waals surface area contributed by atoms with Gasteiger partial charge in [0.05, 0.1) is 11.7 Å². The third kappa shape index (κ3) is 2.37. The zero-order chi connectivity index (χ0) is 16.7. The zero-order valence-corrected chi connectivity index (χ0v) is 11.8. The summed E-state index contributed by atoms with van der Waals surface area (Å²) in [4.78, 5) is 15.8. The molecular weight excluding hydrogens is 325 g/mol. The highest BCUT2D eigenvalue weighted by atomic mass is 19.4. The molecule has 0 aromatic carbocycles. The summed E-state index contributed by atoms with van der Waals surface area (Å²) in [5.74, 6) is -1.08. The van der Waals surface area contributed by atoms with Crippen LogP contribution in [0, 0.1) is 0 Å². The van der Waals surface area contributed by atoms with Crippen molar-refractivity contribution < 1.29 is 17.7 Å². The summed E-state index contributed by atoms with van der Waals surface area (Å²) in [6.45, 7) is 0. The Labute approximate surface area is 131 Å². The van der Waals surface area contributed by atoms with Crippen molar-refractivity contribution in [1.29, 1.82) is 0 Å². The van der Waals surface area contributed by atoms with E-state index in [1.54, 1.807) is 29.2 Å². The van der Waals surface area contributed by atoms with Crippen LogP contribution in [0.4, 0.5) is 13.2 Å². The highest BCUT2D eigenvalue weighted by molar-refractivity contribution is 5.64. The monoisotopic (exact) mass is 332 g/mol. The van der Waals surface area contributed by atoms with Crippen molar-refractivity contribution in [2.24, 2.45) is 0 Å². The van der Waals surface area contributed by atoms with Gasteiger partial charge >= 0.3 is 12.1 Å². The van der Waals surface area contributed by atoms with Gasteiger partial charge in [0.2, 0.25) is 5.82 Å². The van der Waals surface area contributed by atoms with E-state index in [9.17, 15) is 13.2 Å². The number of nitrogens with zero attached hydrogens (tertiary/aromatic N) is 6. The summed E-state index contributed by atoms with van der Waals surface area (Å²) in [6, 6.07) is 4.80. The summed E-state index contributed by atoms with van der Waals surface area (Å²) in [7, 11) is 0. The summed E-state index contributed by atoms with van der Waals surface area (Å²) in [5, 5.41) is 3.37. The second kappa shape index (κ2) is 5.11. The predicted octanol–water partition coefficient (Wildman–Crippen LogP) is 2.86. The lowest BCUT2D eigenvalue weighted by Crippen LogP contribution is -2.04. The van der Waals surface area contributed by atoms with E-state index in [1.165, 1.54) is 18.3 Å². The standard InChI is InChI=1S/C14H7F3N6O/c15-14(16,17)13-21-11(22-24-13)8-1-3-19-10(5-8)12-20-4-2-9-6-18-7-23(9)12/h1-7H. The second-order valence-electron chi connectivity index (χ2n) is 4.81. The Balaban J connectivity index is 1.80. The van der Waals surface area contributed by atoms with Crippen LogP contribution < -0.4 is 0 Å². The van der Waals surface area contributed by atoms with E-state index in [1.807, 2.05) is 0 Å². The van der Waals surface area contributed by atoms with Crippen LogP contribution in [0.3, 0.4) is 0 Å². The maximum Gasteiger partial charge on any atom is 0.471 e. The largest absolute Gasteiger partial charge is 0.471 e. The van der Waals surface area contributed by atoms with Crippen molar-refractivity contribution in [1.82, 2.24) is 29.5 Å². The van der Waals surface area contributed by atoms with Crippen LogP contribution in [-0.2, 0) is 6.18 Å². The molecule has 0 aliphatic rings. The molecule has 0 radical (unpaired) electrons. The first-order chi connectivity index (χ1) is 11.5. The van der Waals surface area contributed by atoms with E-state index in [4.69, 9.17) is 0 Å². The lowest BCUT2D eigenvalue weighted by molar-refractivity contribution is -0.159. The van der Waals surface area contributed by atoms with Gasteiger partial charge in [-0.2, -0.15) is 18.2 Å². The molecule has 0 aliphatic carbocycles. The van der Waals surface area contributed by atoms with Gasteiger partial charge in [0.1, 0.15) is 12.0 Å². The van der Waals surface area contributed by atoms with E-state index >= 15 is 0 Å². The number of halogens is 3. The molecule has 0 aliphatic heterocycles. The van der Waals surface area contributed by atoms with Crippen LogP contribution in [0.25, 0.3) is 28.4 Å². The fraction of sp³-hybridized carbons (Fsp3) is 0.0714. The summed E-state index contributed by atoms with van der Waals surface area (Å²) in [5.41, 5.74) is 1.58. The third-order valence-electron chi connectivity index (χ3n) is 3.25. The van der Waals surface area contributed by atoms with E-state index in [0.29, 0.717) is 17.1 Å². The van der Waals surface area contributed by atoms with Crippen LogP contribution in [-0.4, -0.2) is 29.5 Å². The average molecular weight is 332 g/mol. The Bertz CT molecular complexity index is 1020. The van der Waals surface area contributed by atoms with Crippen molar-refractivity contribution in [3.05, 3.63) is 49.0 Å². The zero-order valence-electron chi connectivity index (χ0n) is 11.8. The van der Waals surface area contributed by atoms with Gasteiger partial charge in [-0.1, -0.05) is 5.16 Å². The smallest absolute Gasteiger partial charge is 0.329 e. The molecule has 0 spiro atoms. The Kier molecular flexibility index (Phi) is 3.05. The topological polar surface area (TPSA) is 82.0 Å². The molecule has 0 bridgehead atoms. The Morgan fingerprint density at radius 3 is 2.71 bits per heavy atom. The first-order valence-corrected chi connectivity index (χ1v) is 6.67. The molecular formula is C14H7F3N6O. The number of hydrogen-bond acceptors (Lipinski definition) is 6. The van der Waals surface area contributed by atoms with Gasteiger partial charge in [0, 0.05) is 18.0 Å². The van der Waals surface area contributed by atoms with Crippen LogP contribution >= 0.6 is 0 Å². The second-order valence-corrected chi connectivity index (χ2v) is 4.81. The minimum absolute atomic E-state index is 0.177. The molecule has 7 nitrogen and oxygen atoms in total. The van der Waals surface area contributed by atoms with E-state index in [2.05, 4.69) is 29.6 Å². The van der Waals surface area contributed by atoms with Gasteiger partial charge in [0.15, 0.2) is 5.82 Å². The summed E-state index contributed by atoms with van der Waals surface area (Å²) in [6.07, 6.45) is 1.57. The fourth-order valence-corrected chi connectivity index (χ4v) is 2.19. The van der Waals surface area contributed by atoms with Crippen molar-refractivity contribution >= 4 is 5.52 Å². The molecule has 0 atom stereocenters. The summed E-state index contributed by atoms with van der Waals surface area (Å²) < 4.78 is 43.7.